The molecule has 0 saturated carbocycles. The molecular weight excluding hydrogens is 445 g/mol. The van der Waals surface area contributed by atoms with Gasteiger partial charge in [0.15, 0.2) is 22.6 Å². The third kappa shape index (κ3) is 5.61. The van der Waals surface area contributed by atoms with Gasteiger partial charge in [-0.25, -0.2) is 14.4 Å². The average Bonchev–Trinajstić information content (AvgIpc) is 3.19. The fraction of sp³-hybridized carbons (Fsp3) is 0.273. The van der Waals surface area contributed by atoms with E-state index in [1.165, 1.54) is 18.7 Å². The molecular formula is C22H24FN7O2S. The molecule has 11 heteroatoms. The molecule has 1 aliphatic rings. The van der Waals surface area contributed by atoms with E-state index < -0.39 is 0 Å². The van der Waals surface area contributed by atoms with Crippen LogP contribution >= 0.6 is 11.8 Å². The zero-order valence-electron chi connectivity index (χ0n) is 18.5. The average molecular weight is 470 g/mol. The van der Waals surface area contributed by atoms with Gasteiger partial charge >= 0.3 is 0 Å². The number of aromatic nitrogens is 4. The van der Waals surface area contributed by atoms with Crippen molar-refractivity contribution in [3.63, 3.8) is 0 Å². The highest BCUT2D eigenvalue weighted by Gasteiger charge is 2.23. The van der Waals surface area contributed by atoms with Crippen LogP contribution in [0.2, 0.25) is 0 Å². The summed E-state index contributed by atoms with van der Waals surface area (Å²) in [6, 6.07) is 9.25. The number of methoxy groups -OCH3 is 1. The van der Waals surface area contributed by atoms with Gasteiger partial charge in [0.2, 0.25) is 11.7 Å². The number of H-pyrrole nitrogens is 1. The summed E-state index contributed by atoms with van der Waals surface area (Å²) in [5.41, 5.74) is 1.61. The third-order valence-corrected chi connectivity index (χ3v) is 5.69. The lowest BCUT2D eigenvalue weighted by atomic mass is 10.2. The maximum atomic E-state index is 13.6. The summed E-state index contributed by atoms with van der Waals surface area (Å²) >= 11 is 1.37. The van der Waals surface area contributed by atoms with E-state index in [9.17, 15) is 9.18 Å². The first-order chi connectivity index (χ1) is 15.9. The molecule has 1 aliphatic heterocycles. The van der Waals surface area contributed by atoms with Crippen molar-refractivity contribution in [3.8, 4) is 5.75 Å². The number of aryl methyl sites for hydroxylation is 1. The molecule has 172 valence electrons. The highest BCUT2D eigenvalue weighted by atomic mass is 32.2. The van der Waals surface area contributed by atoms with Crippen LogP contribution in [-0.2, 0) is 4.79 Å². The largest absolute Gasteiger partial charge is 0.490 e. The molecule has 3 N–H and O–H groups in total. The van der Waals surface area contributed by atoms with Crippen molar-refractivity contribution in [3.05, 3.63) is 47.9 Å². The molecule has 2 aromatic heterocycles. The van der Waals surface area contributed by atoms with Crippen LogP contribution in [-0.4, -0.2) is 46.3 Å². The summed E-state index contributed by atoms with van der Waals surface area (Å²) < 4.78 is 19.3. The number of rotatable bonds is 7. The Hall–Kier alpha value is -3.60. The first-order valence-electron chi connectivity index (χ1n) is 10.3. The van der Waals surface area contributed by atoms with Crippen LogP contribution in [0, 0.1) is 6.92 Å². The van der Waals surface area contributed by atoms with Gasteiger partial charge in [0.25, 0.3) is 0 Å². The fourth-order valence-electron chi connectivity index (χ4n) is 3.31. The van der Waals surface area contributed by atoms with Crippen LogP contribution in [0.5, 0.6) is 5.75 Å². The molecule has 9 nitrogen and oxygen atoms in total. The van der Waals surface area contributed by atoms with Gasteiger partial charge in [-0.15, -0.1) is 0 Å². The maximum Gasteiger partial charge on any atom is 0.221 e. The monoisotopic (exact) mass is 469 g/mol. The van der Waals surface area contributed by atoms with Crippen molar-refractivity contribution >= 4 is 40.8 Å². The summed E-state index contributed by atoms with van der Waals surface area (Å²) in [4.78, 5) is 23.5. The smallest absolute Gasteiger partial charge is 0.221 e. The topological polar surface area (TPSA) is 108 Å². The summed E-state index contributed by atoms with van der Waals surface area (Å²) in [5.74, 6) is 1.82. The van der Waals surface area contributed by atoms with Gasteiger partial charge in [0.05, 0.1) is 12.9 Å². The lowest BCUT2D eigenvalue weighted by Gasteiger charge is -2.27. The molecule has 0 radical (unpaired) electrons. The van der Waals surface area contributed by atoms with E-state index >= 15 is 0 Å². The van der Waals surface area contributed by atoms with Crippen LogP contribution in [0.3, 0.4) is 0 Å². The Bertz CT molecular complexity index is 1180. The number of nitrogens with zero attached hydrogens (tertiary/aromatic N) is 4. The van der Waals surface area contributed by atoms with E-state index in [2.05, 4.69) is 25.8 Å². The number of aromatic amines is 1. The van der Waals surface area contributed by atoms with Crippen molar-refractivity contribution in [2.45, 2.75) is 30.3 Å². The van der Waals surface area contributed by atoms with Gasteiger partial charge < -0.3 is 20.3 Å². The van der Waals surface area contributed by atoms with Crippen LogP contribution in [0.25, 0.3) is 0 Å². The standard InChI is InChI=1S/C22H24FN7O2S/c1-13-12-18(29-28-13)25-20-19(32-3)21(30-10-8-15(23)9-11-30)27-22(26-20)33-17-6-4-16(5-7-17)24-14(2)31/h4-8,12H,9-11H2,1-3H3,(H,24,31)(H2,25,26,27,28,29). The number of carbonyl (C=O) groups excluding carboxylic acids is 1. The number of halogens is 1. The lowest BCUT2D eigenvalue weighted by molar-refractivity contribution is -0.114. The zero-order valence-corrected chi connectivity index (χ0v) is 19.3. The van der Waals surface area contributed by atoms with E-state index in [1.807, 2.05) is 42.2 Å². The summed E-state index contributed by atoms with van der Waals surface area (Å²) in [5, 5.41) is 13.5. The molecule has 33 heavy (non-hydrogen) atoms. The van der Waals surface area contributed by atoms with Crippen molar-refractivity contribution < 1.29 is 13.9 Å². The van der Waals surface area contributed by atoms with Crippen molar-refractivity contribution in [2.24, 2.45) is 0 Å². The first kappa shape index (κ1) is 22.6. The SMILES string of the molecule is COc1c(Nc2cc(C)[nH]n2)nc(Sc2ccc(NC(C)=O)cc2)nc1N1CC=C(F)CC1. The van der Waals surface area contributed by atoms with E-state index in [0.717, 1.165) is 10.6 Å². The van der Waals surface area contributed by atoms with Gasteiger partial charge in [0.1, 0.15) is 0 Å². The number of hydrogen-bond acceptors (Lipinski definition) is 8. The highest BCUT2D eigenvalue weighted by Crippen LogP contribution is 2.39. The van der Waals surface area contributed by atoms with Crippen LogP contribution < -0.4 is 20.3 Å². The van der Waals surface area contributed by atoms with Crippen molar-refractivity contribution in [1.82, 2.24) is 20.2 Å². The predicted octanol–water partition coefficient (Wildman–Crippen LogP) is 4.43. The second kappa shape index (κ2) is 9.90. The van der Waals surface area contributed by atoms with E-state index in [0.29, 0.717) is 53.6 Å². The number of anilines is 4. The van der Waals surface area contributed by atoms with E-state index in [1.54, 1.807) is 13.2 Å². The molecule has 0 spiro atoms. The minimum absolute atomic E-state index is 0.126. The molecule has 0 aliphatic carbocycles. The molecule has 3 heterocycles. The number of amides is 1. The number of ether oxygens (including phenoxy) is 1. The number of carbonyl (C=O) groups is 1. The second-order valence-corrected chi connectivity index (χ2v) is 8.47. The van der Waals surface area contributed by atoms with Gasteiger partial charge in [-0.3, -0.25) is 9.89 Å². The molecule has 0 bridgehead atoms. The lowest BCUT2D eigenvalue weighted by Crippen LogP contribution is -2.29. The number of hydrogen-bond donors (Lipinski definition) is 3. The normalized spacial score (nSPS) is 13.5. The van der Waals surface area contributed by atoms with Crippen molar-refractivity contribution in [2.75, 3.05) is 35.7 Å². The van der Waals surface area contributed by atoms with Gasteiger partial charge in [-0.1, -0.05) is 0 Å². The molecule has 1 aromatic carbocycles. The first-order valence-corrected chi connectivity index (χ1v) is 11.1. The zero-order chi connectivity index (χ0) is 23.4. The number of nitrogens with one attached hydrogen (secondary N) is 3. The van der Waals surface area contributed by atoms with Crippen LogP contribution in [0.4, 0.5) is 27.5 Å². The minimum Gasteiger partial charge on any atom is -0.490 e. The Balaban J connectivity index is 1.68. The predicted molar refractivity (Wildman–Crippen MR) is 126 cm³/mol. The van der Waals surface area contributed by atoms with Crippen LogP contribution in [0.15, 0.2) is 52.3 Å². The van der Waals surface area contributed by atoms with Gasteiger partial charge in [-0.05, 0) is 49.0 Å². The number of benzene rings is 1. The molecule has 0 unspecified atom stereocenters. The van der Waals surface area contributed by atoms with Gasteiger partial charge in [0, 0.05) is 48.8 Å². The van der Waals surface area contributed by atoms with E-state index in [4.69, 9.17) is 9.72 Å². The molecule has 1 amide bonds. The maximum absolute atomic E-state index is 13.6. The highest BCUT2D eigenvalue weighted by molar-refractivity contribution is 7.99. The van der Waals surface area contributed by atoms with Crippen molar-refractivity contribution in [1.29, 1.82) is 0 Å². The third-order valence-electron chi connectivity index (χ3n) is 4.82. The molecule has 0 saturated heterocycles. The Labute approximate surface area is 194 Å². The molecule has 4 rings (SSSR count). The van der Waals surface area contributed by atoms with Crippen LogP contribution in [0.1, 0.15) is 19.0 Å². The molecule has 3 aromatic rings. The minimum atomic E-state index is -0.130. The molecule has 0 atom stereocenters. The van der Waals surface area contributed by atoms with Gasteiger partial charge in [-0.2, -0.15) is 5.10 Å². The summed E-state index contributed by atoms with van der Waals surface area (Å²) in [6.07, 6.45) is 1.85. The Morgan fingerprint density at radius 2 is 2.06 bits per heavy atom. The second-order valence-electron chi connectivity index (χ2n) is 7.43. The Morgan fingerprint density at radius 1 is 1.27 bits per heavy atom. The Kier molecular flexibility index (Phi) is 6.78. The fourth-order valence-corrected chi connectivity index (χ4v) is 4.06. The summed E-state index contributed by atoms with van der Waals surface area (Å²) in [7, 11) is 1.55. The van der Waals surface area contributed by atoms with E-state index in [-0.39, 0.29) is 11.7 Å². The summed E-state index contributed by atoms with van der Waals surface area (Å²) in [6.45, 7) is 4.23. The Morgan fingerprint density at radius 3 is 2.67 bits per heavy atom. The molecule has 0 fully saturated rings. The quantitative estimate of drug-likeness (QED) is 0.436.